The van der Waals surface area contributed by atoms with Gasteiger partial charge in [0.05, 0.1) is 10.9 Å². The first kappa shape index (κ1) is 20.7. The molecule has 2 unspecified atom stereocenters. The average molecular weight is 456 g/mol. The molecule has 0 saturated carbocycles. The molecule has 1 saturated heterocycles. The highest BCUT2D eigenvalue weighted by atomic mass is 32.2. The van der Waals surface area contributed by atoms with Gasteiger partial charge < -0.3 is 4.74 Å². The van der Waals surface area contributed by atoms with Gasteiger partial charge in [-0.05, 0) is 41.8 Å². The molecule has 1 amide bonds. The first-order valence-electron chi connectivity index (χ1n) is 10.5. The van der Waals surface area contributed by atoms with Crippen molar-refractivity contribution < 1.29 is 9.53 Å². The van der Waals surface area contributed by atoms with Crippen LogP contribution in [0.5, 0.6) is 5.75 Å². The SMILES string of the molecule is CC(c1ccccc1)N1C(=O)C(=CC2=Cc3ccccc3OC2c2ccccc2)SC1=S. The Labute approximate surface area is 197 Å². The topological polar surface area (TPSA) is 29.5 Å². The Bertz CT molecular complexity index is 1230. The standard InChI is InChI=1S/C27H21NO2S2/c1-18(19-10-4-2-5-11-19)28-26(29)24(32-27(28)31)17-22-16-21-14-8-9-15-23(21)30-25(22)20-12-6-3-7-13-20/h2-18,25H,1H3. The van der Waals surface area contributed by atoms with Crippen molar-refractivity contribution in [1.82, 2.24) is 4.90 Å². The summed E-state index contributed by atoms with van der Waals surface area (Å²) in [6, 6.07) is 27.9. The molecule has 1 fully saturated rings. The van der Waals surface area contributed by atoms with E-state index in [1.54, 1.807) is 4.90 Å². The van der Waals surface area contributed by atoms with Crippen molar-refractivity contribution in [2.24, 2.45) is 0 Å². The minimum Gasteiger partial charge on any atom is -0.480 e. The van der Waals surface area contributed by atoms with Crippen LogP contribution in [0.1, 0.15) is 35.8 Å². The van der Waals surface area contributed by atoms with Crippen molar-refractivity contribution in [3.05, 3.63) is 118 Å². The molecular weight excluding hydrogens is 434 g/mol. The van der Waals surface area contributed by atoms with Gasteiger partial charge in [0.25, 0.3) is 5.91 Å². The molecule has 0 radical (unpaired) electrons. The molecule has 5 rings (SSSR count). The van der Waals surface area contributed by atoms with E-state index >= 15 is 0 Å². The first-order chi connectivity index (χ1) is 15.6. The smallest absolute Gasteiger partial charge is 0.266 e. The molecule has 3 aromatic rings. The second-order valence-corrected chi connectivity index (χ2v) is 9.40. The van der Waals surface area contributed by atoms with Gasteiger partial charge in [0, 0.05) is 5.56 Å². The predicted octanol–water partition coefficient (Wildman–Crippen LogP) is 6.71. The highest BCUT2D eigenvalue weighted by molar-refractivity contribution is 8.26. The van der Waals surface area contributed by atoms with Crippen LogP contribution in [0, 0.1) is 0 Å². The zero-order chi connectivity index (χ0) is 22.1. The number of rotatable bonds is 4. The molecule has 158 valence electrons. The summed E-state index contributed by atoms with van der Waals surface area (Å²) in [6.07, 6.45) is 3.75. The maximum absolute atomic E-state index is 13.4. The molecule has 0 aromatic heterocycles. The van der Waals surface area contributed by atoms with Crippen LogP contribution in [-0.2, 0) is 4.79 Å². The molecule has 2 atom stereocenters. The summed E-state index contributed by atoms with van der Waals surface area (Å²) < 4.78 is 6.94. The number of amides is 1. The molecule has 0 spiro atoms. The van der Waals surface area contributed by atoms with Gasteiger partial charge in [-0.1, -0.05) is 103 Å². The molecule has 2 aliphatic rings. The number of ether oxygens (including phenoxy) is 1. The highest BCUT2D eigenvalue weighted by Crippen LogP contribution is 2.42. The largest absolute Gasteiger partial charge is 0.480 e. The number of fused-ring (bicyclic) bond motifs is 1. The molecule has 0 aliphatic carbocycles. The van der Waals surface area contributed by atoms with Gasteiger partial charge in [-0.2, -0.15) is 0 Å². The Morgan fingerprint density at radius 1 is 0.969 bits per heavy atom. The van der Waals surface area contributed by atoms with E-state index in [1.165, 1.54) is 11.8 Å². The zero-order valence-corrected chi connectivity index (χ0v) is 19.1. The Morgan fingerprint density at radius 3 is 2.38 bits per heavy atom. The van der Waals surface area contributed by atoms with E-state index in [2.05, 4.69) is 6.08 Å². The summed E-state index contributed by atoms with van der Waals surface area (Å²) in [5.41, 5.74) is 4.03. The van der Waals surface area contributed by atoms with Crippen LogP contribution < -0.4 is 4.74 Å². The van der Waals surface area contributed by atoms with Crippen LogP contribution in [-0.4, -0.2) is 15.1 Å². The lowest BCUT2D eigenvalue weighted by Gasteiger charge is -2.26. The van der Waals surface area contributed by atoms with Crippen molar-refractivity contribution >= 4 is 40.3 Å². The highest BCUT2D eigenvalue weighted by Gasteiger charge is 2.37. The van der Waals surface area contributed by atoms with Crippen LogP contribution >= 0.6 is 24.0 Å². The van der Waals surface area contributed by atoms with E-state index in [0.717, 1.165) is 28.0 Å². The molecule has 3 aromatic carbocycles. The van der Waals surface area contributed by atoms with Gasteiger partial charge in [0.1, 0.15) is 16.2 Å². The third-order valence-electron chi connectivity index (χ3n) is 5.68. The second kappa shape index (κ2) is 8.77. The maximum Gasteiger partial charge on any atom is 0.266 e. The van der Waals surface area contributed by atoms with Crippen LogP contribution in [0.25, 0.3) is 6.08 Å². The van der Waals surface area contributed by atoms with Crippen molar-refractivity contribution in [2.75, 3.05) is 0 Å². The summed E-state index contributed by atoms with van der Waals surface area (Å²) in [6.45, 7) is 2.01. The number of carbonyl (C=O) groups excluding carboxylic acids is 1. The normalized spacial score (nSPS) is 20.0. The van der Waals surface area contributed by atoms with Crippen molar-refractivity contribution in [2.45, 2.75) is 19.1 Å². The molecule has 2 heterocycles. The monoisotopic (exact) mass is 455 g/mol. The number of hydrogen-bond donors (Lipinski definition) is 0. The fourth-order valence-corrected chi connectivity index (χ4v) is 5.43. The number of nitrogens with zero attached hydrogens (tertiary/aromatic N) is 1. The fraction of sp³-hybridized carbons (Fsp3) is 0.111. The van der Waals surface area contributed by atoms with Crippen molar-refractivity contribution in [3.8, 4) is 5.75 Å². The van der Waals surface area contributed by atoms with Crippen LogP contribution in [0.3, 0.4) is 0 Å². The molecule has 0 N–H and O–H groups in total. The van der Waals surface area contributed by atoms with Gasteiger partial charge in [-0.25, -0.2) is 0 Å². The Hall–Kier alpha value is -3.15. The van der Waals surface area contributed by atoms with Gasteiger partial charge in [0.2, 0.25) is 0 Å². The third-order valence-corrected chi connectivity index (χ3v) is 7.01. The van der Waals surface area contributed by atoms with E-state index in [9.17, 15) is 4.79 Å². The Morgan fingerprint density at radius 2 is 1.62 bits per heavy atom. The number of thioether (sulfide) groups is 1. The summed E-state index contributed by atoms with van der Waals surface area (Å²) in [4.78, 5) is 15.7. The van der Waals surface area contributed by atoms with Crippen molar-refractivity contribution in [3.63, 3.8) is 0 Å². The number of hydrogen-bond acceptors (Lipinski definition) is 4. The Balaban J connectivity index is 1.51. The van der Waals surface area contributed by atoms with Crippen molar-refractivity contribution in [1.29, 1.82) is 0 Å². The van der Waals surface area contributed by atoms with Gasteiger partial charge in [0.15, 0.2) is 0 Å². The summed E-state index contributed by atoms with van der Waals surface area (Å²) in [7, 11) is 0. The molecule has 3 nitrogen and oxygen atoms in total. The number of para-hydroxylation sites is 1. The van der Waals surface area contributed by atoms with E-state index in [1.807, 2.05) is 97.9 Å². The zero-order valence-electron chi connectivity index (χ0n) is 17.5. The fourth-order valence-electron chi connectivity index (χ4n) is 4.01. The Kier molecular flexibility index (Phi) is 5.68. The first-order valence-corrected chi connectivity index (χ1v) is 11.7. The van der Waals surface area contributed by atoms with E-state index < -0.39 is 0 Å². The summed E-state index contributed by atoms with van der Waals surface area (Å²) in [5.74, 6) is 0.770. The lowest BCUT2D eigenvalue weighted by Crippen LogP contribution is -2.31. The number of carbonyl (C=O) groups is 1. The molecule has 5 heteroatoms. The summed E-state index contributed by atoms with van der Waals surface area (Å²) in [5, 5.41) is 0. The predicted molar refractivity (Wildman–Crippen MR) is 134 cm³/mol. The van der Waals surface area contributed by atoms with Crippen LogP contribution in [0.15, 0.2) is 101 Å². The minimum atomic E-state index is -0.291. The maximum atomic E-state index is 13.4. The minimum absolute atomic E-state index is 0.0667. The summed E-state index contributed by atoms with van der Waals surface area (Å²) >= 11 is 6.95. The lowest BCUT2D eigenvalue weighted by molar-refractivity contribution is -0.123. The number of thiocarbonyl (C=S) groups is 1. The van der Waals surface area contributed by atoms with Gasteiger partial charge in [-0.15, -0.1) is 0 Å². The van der Waals surface area contributed by atoms with Crippen LogP contribution in [0.2, 0.25) is 0 Å². The van der Waals surface area contributed by atoms with E-state index in [-0.39, 0.29) is 18.1 Å². The van der Waals surface area contributed by atoms with Gasteiger partial charge >= 0.3 is 0 Å². The lowest BCUT2D eigenvalue weighted by atomic mass is 9.95. The average Bonchev–Trinajstić information content (AvgIpc) is 3.11. The third kappa shape index (κ3) is 3.90. The quantitative estimate of drug-likeness (QED) is 0.323. The number of benzene rings is 3. The van der Waals surface area contributed by atoms with Gasteiger partial charge in [-0.3, -0.25) is 9.69 Å². The second-order valence-electron chi connectivity index (χ2n) is 7.73. The van der Waals surface area contributed by atoms with E-state index in [4.69, 9.17) is 17.0 Å². The molecule has 2 aliphatic heterocycles. The molecule has 32 heavy (non-hydrogen) atoms. The molecular formula is C27H21NO2S2. The van der Waals surface area contributed by atoms with Crippen LogP contribution in [0.4, 0.5) is 0 Å². The van der Waals surface area contributed by atoms with E-state index in [0.29, 0.717) is 9.23 Å². The molecule has 0 bridgehead atoms.